The number of aliphatic carboxylic acids is 1. The van der Waals surface area contributed by atoms with Crippen LogP contribution in [0.4, 0.5) is 0 Å². The fraction of sp³-hybridized carbons (Fsp3) is 0.789. The number of nitrogens with zero attached hydrogens (tertiary/aromatic N) is 1. The van der Waals surface area contributed by atoms with Crippen molar-refractivity contribution in [2.24, 2.45) is 11.7 Å². The number of carbonyl (C=O) groups excluding carboxylic acids is 3. The average Bonchev–Trinajstić information content (AvgIpc) is 3.13. The van der Waals surface area contributed by atoms with Crippen LogP contribution in [0.3, 0.4) is 0 Å². The molecule has 1 aliphatic rings. The van der Waals surface area contributed by atoms with Crippen LogP contribution >= 0.6 is 11.8 Å². The topological polar surface area (TPSA) is 142 Å². The van der Waals surface area contributed by atoms with Gasteiger partial charge in [0.05, 0.1) is 6.04 Å². The molecule has 166 valence electrons. The molecule has 0 spiro atoms. The zero-order chi connectivity index (χ0) is 22.1. The highest BCUT2D eigenvalue weighted by molar-refractivity contribution is 7.98. The molecule has 1 heterocycles. The van der Waals surface area contributed by atoms with Gasteiger partial charge in [-0.2, -0.15) is 11.8 Å². The van der Waals surface area contributed by atoms with E-state index in [-0.39, 0.29) is 17.7 Å². The first-order valence-corrected chi connectivity index (χ1v) is 11.4. The molecule has 9 nitrogen and oxygen atoms in total. The molecule has 3 amide bonds. The highest BCUT2D eigenvalue weighted by Gasteiger charge is 2.38. The molecule has 29 heavy (non-hydrogen) atoms. The Hall–Kier alpha value is -1.81. The summed E-state index contributed by atoms with van der Waals surface area (Å²) >= 11 is 1.56. The Labute approximate surface area is 176 Å². The first-order valence-electron chi connectivity index (χ1n) is 9.97. The Kier molecular flexibility index (Phi) is 10.5. The monoisotopic (exact) mass is 430 g/mol. The van der Waals surface area contributed by atoms with E-state index in [1.54, 1.807) is 11.8 Å². The van der Waals surface area contributed by atoms with Crippen LogP contribution in [0, 0.1) is 5.92 Å². The third-order valence-corrected chi connectivity index (χ3v) is 5.50. The van der Waals surface area contributed by atoms with Crippen LogP contribution in [0.15, 0.2) is 0 Å². The molecule has 1 saturated heterocycles. The van der Waals surface area contributed by atoms with Crippen molar-refractivity contribution in [1.82, 2.24) is 15.5 Å². The first-order chi connectivity index (χ1) is 13.6. The minimum atomic E-state index is -1.14. The second kappa shape index (κ2) is 12.0. The normalized spacial score (nSPS) is 19.5. The van der Waals surface area contributed by atoms with E-state index in [2.05, 4.69) is 10.6 Å². The van der Waals surface area contributed by atoms with Crippen LogP contribution in [0.5, 0.6) is 0 Å². The zero-order valence-corrected chi connectivity index (χ0v) is 18.5. The molecule has 0 bridgehead atoms. The maximum absolute atomic E-state index is 13.1. The number of carboxylic acids is 1. The summed E-state index contributed by atoms with van der Waals surface area (Å²) in [4.78, 5) is 50.5. The molecule has 4 unspecified atom stereocenters. The van der Waals surface area contributed by atoms with E-state index in [0.29, 0.717) is 38.0 Å². The third-order valence-electron chi connectivity index (χ3n) is 4.86. The molecule has 0 aromatic heterocycles. The van der Waals surface area contributed by atoms with Gasteiger partial charge < -0.3 is 26.4 Å². The summed E-state index contributed by atoms with van der Waals surface area (Å²) in [7, 11) is 0. The fourth-order valence-electron chi connectivity index (χ4n) is 3.26. The number of thioether (sulfide) groups is 1. The first kappa shape index (κ1) is 25.2. The van der Waals surface area contributed by atoms with Crippen LogP contribution in [0.2, 0.25) is 0 Å². The van der Waals surface area contributed by atoms with Crippen LogP contribution in [0.1, 0.15) is 46.5 Å². The van der Waals surface area contributed by atoms with Crippen LogP contribution in [-0.4, -0.2) is 76.4 Å². The van der Waals surface area contributed by atoms with E-state index in [9.17, 15) is 19.2 Å². The number of amides is 3. The van der Waals surface area contributed by atoms with E-state index in [0.717, 1.165) is 0 Å². The average molecular weight is 431 g/mol. The summed E-state index contributed by atoms with van der Waals surface area (Å²) in [6.45, 7) is 5.70. The Bertz CT molecular complexity index is 601. The summed E-state index contributed by atoms with van der Waals surface area (Å²) in [5.74, 6) is -1.42. The standard InChI is InChI=1S/C19H34N4O5S/c1-11(2)10-13(20)16(24)22-14(7-9-29-4)18(26)23-8-5-6-15(23)17(25)21-12(3)19(27)28/h11-15H,5-10,20H2,1-4H3,(H,21,25)(H,22,24)(H,27,28). The number of likely N-dealkylation sites (tertiary alicyclic amines) is 1. The Morgan fingerprint density at radius 1 is 1.21 bits per heavy atom. The van der Waals surface area contributed by atoms with Crippen molar-refractivity contribution in [2.75, 3.05) is 18.6 Å². The largest absolute Gasteiger partial charge is 0.480 e. The molecule has 4 atom stereocenters. The van der Waals surface area contributed by atoms with Gasteiger partial charge in [-0.3, -0.25) is 19.2 Å². The molecule has 1 aliphatic heterocycles. The molecule has 0 aromatic rings. The quantitative estimate of drug-likeness (QED) is 0.366. The van der Waals surface area contributed by atoms with Crippen molar-refractivity contribution in [3.8, 4) is 0 Å². The molecular formula is C19H34N4O5S. The maximum Gasteiger partial charge on any atom is 0.325 e. The molecule has 1 rings (SSSR count). The zero-order valence-electron chi connectivity index (χ0n) is 17.6. The number of carbonyl (C=O) groups is 4. The summed E-state index contributed by atoms with van der Waals surface area (Å²) in [6, 6.07) is -3.24. The van der Waals surface area contributed by atoms with Gasteiger partial charge >= 0.3 is 5.97 Å². The molecule has 5 N–H and O–H groups in total. The van der Waals surface area contributed by atoms with Gasteiger partial charge in [0, 0.05) is 6.54 Å². The fourth-order valence-corrected chi connectivity index (χ4v) is 3.73. The second-order valence-corrected chi connectivity index (χ2v) is 8.82. The van der Waals surface area contributed by atoms with Crippen LogP contribution in [0.25, 0.3) is 0 Å². The lowest BCUT2D eigenvalue weighted by Gasteiger charge is -2.29. The molecule has 0 radical (unpaired) electrons. The SMILES string of the molecule is CSCCC(NC(=O)C(N)CC(C)C)C(=O)N1CCCC1C(=O)NC(C)C(=O)O. The highest BCUT2D eigenvalue weighted by Crippen LogP contribution is 2.20. The van der Waals surface area contributed by atoms with Crippen molar-refractivity contribution < 1.29 is 24.3 Å². The van der Waals surface area contributed by atoms with Gasteiger partial charge in [0.15, 0.2) is 0 Å². The number of hydrogen-bond donors (Lipinski definition) is 4. The lowest BCUT2D eigenvalue weighted by Crippen LogP contribution is -2.56. The third kappa shape index (κ3) is 7.85. The van der Waals surface area contributed by atoms with E-state index in [1.165, 1.54) is 11.8 Å². The predicted octanol–water partition coefficient (Wildman–Crippen LogP) is 0.178. The predicted molar refractivity (Wildman–Crippen MR) is 112 cm³/mol. The van der Waals surface area contributed by atoms with Crippen LogP contribution < -0.4 is 16.4 Å². The minimum Gasteiger partial charge on any atom is -0.480 e. The number of nitrogens with two attached hydrogens (primary N) is 1. The Morgan fingerprint density at radius 3 is 2.41 bits per heavy atom. The van der Waals surface area contributed by atoms with Gasteiger partial charge in [-0.1, -0.05) is 13.8 Å². The summed E-state index contributed by atoms with van der Waals surface area (Å²) in [5, 5.41) is 14.2. The molecule has 1 fully saturated rings. The van der Waals surface area contributed by atoms with Gasteiger partial charge in [0.1, 0.15) is 18.1 Å². The lowest BCUT2D eigenvalue weighted by molar-refractivity contribution is -0.144. The lowest BCUT2D eigenvalue weighted by atomic mass is 10.0. The number of rotatable bonds is 11. The molecular weight excluding hydrogens is 396 g/mol. The Balaban J connectivity index is 2.86. The molecule has 10 heteroatoms. The Morgan fingerprint density at radius 2 is 1.86 bits per heavy atom. The van der Waals surface area contributed by atoms with Gasteiger partial charge in [0.2, 0.25) is 17.7 Å². The van der Waals surface area contributed by atoms with Crippen LogP contribution in [-0.2, 0) is 19.2 Å². The van der Waals surface area contributed by atoms with Crippen molar-refractivity contribution >= 4 is 35.5 Å². The number of hydrogen-bond acceptors (Lipinski definition) is 6. The van der Waals surface area contributed by atoms with E-state index >= 15 is 0 Å². The van der Waals surface area contributed by atoms with Gasteiger partial charge in [-0.05, 0) is 50.5 Å². The highest BCUT2D eigenvalue weighted by atomic mass is 32.2. The van der Waals surface area contributed by atoms with Crippen molar-refractivity contribution in [2.45, 2.75) is 70.6 Å². The second-order valence-electron chi connectivity index (χ2n) is 7.84. The van der Waals surface area contributed by atoms with E-state index < -0.39 is 36.0 Å². The summed E-state index contributed by atoms with van der Waals surface area (Å²) in [6.07, 6.45) is 3.95. The minimum absolute atomic E-state index is 0.249. The van der Waals surface area contributed by atoms with Crippen molar-refractivity contribution in [3.63, 3.8) is 0 Å². The van der Waals surface area contributed by atoms with Gasteiger partial charge in [-0.15, -0.1) is 0 Å². The number of nitrogens with one attached hydrogen (secondary N) is 2. The van der Waals surface area contributed by atoms with E-state index in [4.69, 9.17) is 10.8 Å². The summed E-state index contributed by atoms with van der Waals surface area (Å²) in [5.41, 5.74) is 5.95. The molecule has 0 aliphatic carbocycles. The number of carboxylic acid groups (broad SMARTS) is 1. The smallest absolute Gasteiger partial charge is 0.325 e. The van der Waals surface area contributed by atoms with Crippen molar-refractivity contribution in [1.29, 1.82) is 0 Å². The maximum atomic E-state index is 13.1. The van der Waals surface area contributed by atoms with Gasteiger partial charge in [0.25, 0.3) is 0 Å². The van der Waals surface area contributed by atoms with Gasteiger partial charge in [-0.25, -0.2) is 0 Å². The van der Waals surface area contributed by atoms with E-state index in [1.807, 2.05) is 20.1 Å². The summed E-state index contributed by atoms with van der Waals surface area (Å²) < 4.78 is 0. The van der Waals surface area contributed by atoms with Crippen molar-refractivity contribution in [3.05, 3.63) is 0 Å². The molecule has 0 aromatic carbocycles. The molecule has 0 saturated carbocycles.